The Morgan fingerprint density at radius 2 is 2.04 bits per heavy atom. The highest BCUT2D eigenvalue weighted by Crippen LogP contribution is 2.27. The molecule has 0 radical (unpaired) electrons. The van der Waals surface area contributed by atoms with Gasteiger partial charge in [0.1, 0.15) is 5.65 Å². The minimum atomic E-state index is -1.03. The number of carbonyl (C=O) groups is 3. The second-order valence-corrected chi connectivity index (χ2v) is 6.05. The molecular weight excluding hydrogens is 328 g/mol. The number of nitrogens with zero attached hydrogens (tertiary/aromatic N) is 3. The van der Waals surface area contributed by atoms with Crippen molar-refractivity contribution in [3.05, 3.63) is 30.1 Å². The number of fused-ring (bicyclic) bond motifs is 1. The molecule has 2 aromatic heterocycles. The van der Waals surface area contributed by atoms with Gasteiger partial charge in [0.15, 0.2) is 0 Å². The van der Waals surface area contributed by atoms with E-state index in [-0.39, 0.29) is 31.8 Å². The summed E-state index contributed by atoms with van der Waals surface area (Å²) in [5.74, 6) is -1.90. The summed E-state index contributed by atoms with van der Waals surface area (Å²) < 4.78 is 1.76. The minimum Gasteiger partial charge on any atom is -0.481 e. The lowest BCUT2D eigenvalue weighted by molar-refractivity contribution is -0.140. The second kappa shape index (κ2) is 6.52. The third kappa shape index (κ3) is 3.31. The van der Waals surface area contributed by atoms with Crippen molar-refractivity contribution in [1.82, 2.24) is 14.5 Å². The maximum absolute atomic E-state index is 12.1. The molecule has 4 N–H and O–H groups in total. The number of carbonyl (C=O) groups excluding carboxylic acids is 2. The topological polar surface area (TPSA) is 139 Å². The molecule has 1 aliphatic heterocycles. The first-order chi connectivity index (χ1) is 11.9. The second-order valence-electron chi connectivity index (χ2n) is 6.05. The van der Waals surface area contributed by atoms with Crippen molar-refractivity contribution < 1.29 is 24.6 Å². The van der Waals surface area contributed by atoms with Crippen molar-refractivity contribution in [2.45, 2.75) is 25.0 Å². The van der Waals surface area contributed by atoms with Gasteiger partial charge < -0.3 is 25.4 Å². The lowest BCUT2D eigenvalue weighted by atomic mass is 10.2. The van der Waals surface area contributed by atoms with Gasteiger partial charge in [-0.15, -0.1) is 0 Å². The standard InChI is InChI=1S/C16H18N4O5/c17-15(25)10-5-9-3-4-20(16(9)18-6-10)11-7-19(8-12(11)21)13(22)1-2-14(23)24/h3-6,11-12,21H,1-2,7-8H2,(H2,17,25)(H,23,24)/t11-,12-/m1/s1. The number of pyridine rings is 1. The fraction of sp³-hybridized carbons (Fsp3) is 0.375. The van der Waals surface area contributed by atoms with E-state index in [0.717, 1.165) is 0 Å². The van der Waals surface area contributed by atoms with E-state index in [2.05, 4.69) is 4.98 Å². The van der Waals surface area contributed by atoms with Crippen molar-refractivity contribution in [3.63, 3.8) is 0 Å². The Morgan fingerprint density at radius 1 is 1.28 bits per heavy atom. The molecule has 132 valence electrons. The zero-order chi connectivity index (χ0) is 18.1. The first kappa shape index (κ1) is 16.9. The van der Waals surface area contributed by atoms with Gasteiger partial charge in [0, 0.05) is 37.3 Å². The number of aliphatic carboxylic acids is 1. The van der Waals surface area contributed by atoms with Crippen LogP contribution in [0.15, 0.2) is 24.5 Å². The zero-order valence-corrected chi connectivity index (χ0v) is 13.3. The van der Waals surface area contributed by atoms with Crippen molar-refractivity contribution >= 4 is 28.8 Å². The Bertz CT molecular complexity index is 846. The molecule has 0 aromatic carbocycles. The number of hydrogen-bond donors (Lipinski definition) is 3. The van der Waals surface area contributed by atoms with Crippen LogP contribution in [0.1, 0.15) is 29.2 Å². The molecule has 1 aliphatic rings. The zero-order valence-electron chi connectivity index (χ0n) is 13.3. The van der Waals surface area contributed by atoms with E-state index in [1.165, 1.54) is 11.1 Å². The summed E-state index contributed by atoms with van der Waals surface area (Å²) in [6.45, 7) is 0.408. The maximum atomic E-state index is 12.1. The van der Waals surface area contributed by atoms with E-state index in [0.29, 0.717) is 16.6 Å². The van der Waals surface area contributed by atoms with E-state index in [9.17, 15) is 19.5 Å². The highest BCUT2D eigenvalue weighted by atomic mass is 16.4. The molecule has 3 rings (SSSR count). The summed E-state index contributed by atoms with van der Waals surface area (Å²) in [6, 6.07) is 2.99. The Hall–Kier alpha value is -2.94. The summed E-state index contributed by atoms with van der Waals surface area (Å²) in [5.41, 5.74) is 6.12. The van der Waals surface area contributed by atoms with E-state index < -0.39 is 24.0 Å². The van der Waals surface area contributed by atoms with Gasteiger partial charge >= 0.3 is 5.97 Å². The number of hydrogen-bond acceptors (Lipinski definition) is 5. The predicted octanol–water partition coefficient (Wildman–Crippen LogP) is -0.256. The van der Waals surface area contributed by atoms with E-state index >= 15 is 0 Å². The summed E-state index contributed by atoms with van der Waals surface area (Å²) in [5, 5.41) is 19.7. The molecule has 0 saturated carbocycles. The third-order valence-corrected chi connectivity index (χ3v) is 4.36. The molecule has 0 spiro atoms. The van der Waals surface area contributed by atoms with Crippen LogP contribution in [0.2, 0.25) is 0 Å². The molecule has 9 heteroatoms. The molecule has 25 heavy (non-hydrogen) atoms. The molecule has 2 atom stereocenters. The number of likely N-dealkylation sites (tertiary alicyclic amines) is 1. The Morgan fingerprint density at radius 3 is 2.72 bits per heavy atom. The molecule has 0 bridgehead atoms. The summed E-state index contributed by atoms with van der Waals surface area (Å²) in [4.78, 5) is 39.6. The number of amides is 2. The van der Waals surface area contributed by atoms with Gasteiger partial charge in [-0.2, -0.15) is 0 Å². The van der Waals surface area contributed by atoms with Crippen LogP contribution < -0.4 is 5.73 Å². The number of aliphatic hydroxyl groups is 1. The van der Waals surface area contributed by atoms with Crippen molar-refractivity contribution in [2.75, 3.05) is 13.1 Å². The van der Waals surface area contributed by atoms with Crippen LogP contribution in [0.25, 0.3) is 11.0 Å². The molecule has 3 heterocycles. The largest absolute Gasteiger partial charge is 0.481 e. The Labute approximate surface area is 142 Å². The Balaban J connectivity index is 1.80. The van der Waals surface area contributed by atoms with E-state index in [1.54, 1.807) is 22.9 Å². The monoisotopic (exact) mass is 346 g/mol. The van der Waals surface area contributed by atoms with Crippen LogP contribution in [0.3, 0.4) is 0 Å². The summed E-state index contributed by atoms with van der Waals surface area (Å²) >= 11 is 0. The number of aliphatic hydroxyl groups excluding tert-OH is 1. The third-order valence-electron chi connectivity index (χ3n) is 4.36. The van der Waals surface area contributed by atoms with Crippen molar-refractivity contribution in [1.29, 1.82) is 0 Å². The molecule has 0 unspecified atom stereocenters. The molecule has 2 amide bonds. The van der Waals surface area contributed by atoms with Crippen LogP contribution in [0.4, 0.5) is 0 Å². The van der Waals surface area contributed by atoms with Crippen LogP contribution in [0, 0.1) is 0 Å². The van der Waals surface area contributed by atoms with Crippen LogP contribution in [-0.4, -0.2) is 61.6 Å². The highest BCUT2D eigenvalue weighted by Gasteiger charge is 2.35. The fourth-order valence-electron chi connectivity index (χ4n) is 3.06. The van der Waals surface area contributed by atoms with Gasteiger partial charge in [-0.3, -0.25) is 14.4 Å². The van der Waals surface area contributed by atoms with Gasteiger partial charge in [0.05, 0.1) is 24.1 Å². The molecule has 2 aromatic rings. The van der Waals surface area contributed by atoms with E-state index in [1.807, 2.05) is 0 Å². The Kier molecular flexibility index (Phi) is 4.41. The normalized spacial score (nSPS) is 20.1. The number of rotatable bonds is 5. The predicted molar refractivity (Wildman–Crippen MR) is 86.7 cm³/mol. The number of carboxylic acids is 1. The van der Waals surface area contributed by atoms with Crippen LogP contribution in [-0.2, 0) is 9.59 Å². The molecule has 1 saturated heterocycles. The first-order valence-corrected chi connectivity index (χ1v) is 7.81. The lowest BCUT2D eigenvalue weighted by Gasteiger charge is -2.17. The quantitative estimate of drug-likeness (QED) is 0.682. The summed E-state index contributed by atoms with van der Waals surface area (Å²) in [7, 11) is 0. The number of primary amides is 1. The SMILES string of the molecule is NC(=O)c1cnc2c(ccn2[C@@H]2CN(C(=O)CCC(=O)O)C[C@H]2O)c1. The number of nitrogens with two attached hydrogens (primary N) is 1. The van der Waals surface area contributed by atoms with Gasteiger partial charge in [-0.1, -0.05) is 0 Å². The van der Waals surface area contributed by atoms with Crippen LogP contribution in [0.5, 0.6) is 0 Å². The number of aromatic nitrogens is 2. The van der Waals surface area contributed by atoms with E-state index in [4.69, 9.17) is 10.8 Å². The van der Waals surface area contributed by atoms with Crippen molar-refractivity contribution in [2.24, 2.45) is 5.73 Å². The van der Waals surface area contributed by atoms with Gasteiger partial charge in [-0.25, -0.2) is 4.98 Å². The number of carboxylic acid groups (broad SMARTS) is 1. The average Bonchev–Trinajstić information content (AvgIpc) is 3.15. The average molecular weight is 346 g/mol. The van der Waals surface area contributed by atoms with Crippen molar-refractivity contribution in [3.8, 4) is 0 Å². The smallest absolute Gasteiger partial charge is 0.303 e. The molecule has 9 nitrogen and oxygen atoms in total. The van der Waals surface area contributed by atoms with Gasteiger partial charge in [0.25, 0.3) is 0 Å². The van der Waals surface area contributed by atoms with Crippen LogP contribution >= 0.6 is 0 Å². The molecule has 0 aliphatic carbocycles. The summed E-state index contributed by atoms with van der Waals surface area (Å²) in [6.07, 6.45) is 1.99. The maximum Gasteiger partial charge on any atom is 0.303 e. The minimum absolute atomic E-state index is 0.0958. The molecular formula is C16H18N4O5. The fourth-order valence-corrected chi connectivity index (χ4v) is 3.06. The highest BCUT2D eigenvalue weighted by molar-refractivity contribution is 5.95. The van der Waals surface area contributed by atoms with Gasteiger partial charge in [-0.05, 0) is 12.1 Å². The van der Waals surface area contributed by atoms with Gasteiger partial charge in [0.2, 0.25) is 11.8 Å². The lowest BCUT2D eigenvalue weighted by Crippen LogP contribution is -2.29. The molecule has 1 fully saturated rings. The number of β-amino-alcohol motifs (C(OH)–C–C–N with tert-alkyl or cyclic N) is 1. The first-order valence-electron chi connectivity index (χ1n) is 7.81.